The van der Waals surface area contributed by atoms with Gasteiger partial charge < -0.3 is 9.47 Å². The summed E-state index contributed by atoms with van der Waals surface area (Å²) in [4.78, 5) is 12.8. The summed E-state index contributed by atoms with van der Waals surface area (Å²) < 4.78 is 2.47. The highest BCUT2D eigenvalue weighted by Gasteiger charge is 2.38. The van der Waals surface area contributed by atoms with Crippen molar-refractivity contribution in [1.29, 1.82) is 0 Å². The molecule has 0 saturated carbocycles. The molecular weight excluding hydrogens is 741 g/mol. The molecule has 1 aliphatic heterocycles. The summed E-state index contributed by atoms with van der Waals surface area (Å²) in [6, 6.07) is 67.4. The number of amidine groups is 1. The van der Waals surface area contributed by atoms with E-state index >= 15 is 0 Å². The maximum Gasteiger partial charge on any atom is 0.160 e. The molecule has 0 unspecified atom stereocenters. The Hall–Kier alpha value is -7.56. The summed E-state index contributed by atoms with van der Waals surface area (Å²) in [6.07, 6.45) is 0.857. The molecule has 9 aromatic rings. The van der Waals surface area contributed by atoms with E-state index in [1.807, 2.05) is 43.3 Å². The first kappa shape index (κ1) is 36.5. The number of nitrogens with zero attached hydrogens (tertiary/aromatic N) is 4. The molecule has 0 N–H and O–H groups in total. The number of hydrogen-bond acceptors (Lipinski definition) is 2. The van der Waals surface area contributed by atoms with Gasteiger partial charge in [-0.15, -0.1) is 0 Å². The normalized spacial score (nSPS) is 14.1. The van der Waals surface area contributed by atoms with E-state index in [4.69, 9.17) is 9.98 Å². The zero-order chi connectivity index (χ0) is 41.2. The summed E-state index contributed by atoms with van der Waals surface area (Å²) in [5, 5.41) is 2.46. The number of anilines is 3. The third kappa shape index (κ3) is 5.97. The van der Waals surface area contributed by atoms with Gasteiger partial charge in [0.2, 0.25) is 0 Å². The van der Waals surface area contributed by atoms with E-state index in [0.717, 1.165) is 40.2 Å². The molecule has 1 aliphatic carbocycles. The lowest BCUT2D eigenvalue weighted by molar-refractivity contribution is 0.632. The SMILES string of the molecule is C=C(N=C(N=C(C)c1ccccc1)c1ccccc1)c1cccc2c1-c1cc(-n3c4ccccc4c4cc5c(cc43)C(C)(C)c3ccccc3N5c3ccccc3)ccc1C2. The van der Waals surface area contributed by atoms with Crippen LogP contribution in [0.25, 0.3) is 44.3 Å². The topological polar surface area (TPSA) is 32.9 Å². The number of aliphatic imine (C=N–C) groups is 2. The van der Waals surface area contributed by atoms with Gasteiger partial charge in [-0.1, -0.05) is 160 Å². The Morgan fingerprint density at radius 1 is 0.541 bits per heavy atom. The van der Waals surface area contributed by atoms with Crippen LogP contribution in [-0.2, 0) is 11.8 Å². The Morgan fingerprint density at radius 3 is 2.02 bits per heavy atom. The molecule has 2 aliphatic rings. The van der Waals surface area contributed by atoms with E-state index in [1.54, 1.807) is 0 Å². The molecule has 292 valence electrons. The van der Waals surface area contributed by atoms with Crippen molar-refractivity contribution in [2.75, 3.05) is 4.90 Å². The van der Waals surface area contributed by atoms with Gasteiger partial charge in [0.25, 0.3) is 0 Å². The molecule has 0 radical (unpaired) electrons. The molecular formula is C57H44N4. The van der Waals surface area contributed by atoms with Gasteiger partial charge in [0.15, 0.2) is 5.84 Å². The summed E-state index contributed by atoms with van der Waals surface area (Å²) in [5.41, 5.74) is 19.1. The molecule has 0 atom stereocenters. The molecule has 4 nitrogen and oxygen atoms in total. The monoisotopic (exact) mass is 784 g/mol. The number of hydrogen-bond donors (Lipinski definition) is 0. The van der Waals surface area contributed by atoms with Gasteiger partial charge in [-0.3, -0.25) is 0 Å². The Bertz CT molecular complexity index is 3260. The minimum Gasteiger partial charge on any atom is -0.310 e. The van der Waals surface area contributed by atoms with Crippen LogP contribution in [0.3, 0.4) is 0 Å². The maximum absolute atomic E-state index is 5.21. The lowest BCUT2D eigenvalue weighted by atomic mass is 9.73. The number of aromatic nitrogens is 1. The van der Waals surface area contributed by atoms with Gasteiger partial charge in [0.05, 0.1) is 28.1 Å². The van der Waals surface area contributed by atoms with E-state index in [2.05, 4.69) is 182 Å². The van der Waals surface area contributed by atoms with Crippen molar-refractivity contribution in [1.82, 2.24) is 4.57 Å². The van der Waals surface area contributed by atoms with Crippen molar-refractivity contribution in [2.45, 2.75) is 32.6 Å². The second-order valence-electron chi connectivity index (χ2n) is 16.7. The van der Waals surface area contributed by atoms with Gasteiger partial charge in [-0.2, -0.15) is 0 Å². The van der Waals surface area contributed by atoms with Crippen LogP contribution in [0.1, 0.15) is 59.7 Å². The fourth-order valence-electron chi connectivity index (χ4n) is 9.73. The zero-order valence-electron chi connectivity index (χ0n) is 34.6. The van der Waals surface area contributed by atoms with Crippen LogP contribution in [0.5, 0.6) is 0 Å². The van der Waals surface area contributed by atoms with Crippen LogP contribution in [-0.4, -0.2) is 16.1 Å². The number of fused-ring (bicyclic) bond motifs is 8. The molecule has 2 heterocycles. The first-order valence-electron chi connectivity index (χ1n) is 21.1. The van der Waals surface area contributed by atoms with Crippen LogP contribution in [0.2, 0.25) is 0 Å². The standard InChI is InChI=1S/C57H44N4/c1-37(39-19-8-5-9-20-39)58-56(40-21-10-6-11-22-40)59-38(2)45-27-18-23-42-33-41-31-32-44(34-47(41)55(42)45)61-51-29-16-14-26-46(51)48-35-54-50(36-53(48)61)57(3,4)49-28-15-17-30-52(49)60(54)43-24-12-7-13-25-43/h5-32,34-36H,2,33H2,1,3-4H3. The molecule has 61 heavy (non-hydrogen) atoms. The van der Waals surface area contributed by atoms with Crippen LogP contribution in [0.15, 0.2) is 205 Å². The zero-order valence-corrected chi connectivity index (χ0v) is 34.6. The minimum atomic E-state index is -0.235. The smallest absolute Gasteiger partial charge is 0.160 e. The number of para-hydroxylation sites is 3. The minimum absolute atomic E-state index is 0.235. The highest BCUT2D eigenvalue weighted by atomic mass is 15.2. The van der Waals surface area contributed by atoms with E-state index in [0.29, 0.717) is 11.5 Å². The summed E-state index contributed by atoms with van der Waals surface area (Å²) in [6.45, 7) is 11.4. The Kier molecular flexibility index (Phi) is 8.57. The Morgan fingerprint density at radius 2 is 1.23 bits per heavy atom. The Labute approximate surface area is 357 Å². The quantitative estimate of drug-likeness (QED) is 0.122. The average Bonchev–Trinajstić information content (AvgIpc) is 3.84. The molecule has 0 amide bonds. The average molecular weight is 785 g/mol. The van der Waals surface area contributed by atoms with Crippen molar-refractivity contribution >= 4 is 56.1 Å². The molecule has 0 bridgehead atoms. The van der Waals surface area contributed by atoms with Crippen molar-refractivity contribution in [3.63, 3.8) is 0 Å². The van der Waals surface area contributed by atoms with Gasteiger partial charge in [0.1, 0.15) is 0 Å². The Balaban J connectivity index is 1.07. The van der Waals surface area contributed by atoms with E-state index in [9.17, 15) is 0 Å². The van der Waals surface area contributed by atoms with Crippen molar-refractivity contribution in [3.05, 3.63) is 234 Å². The fraction of sp³-hybridized carbons (Fsp3) is 0.0877. The molecule has 4 heteroatoms. The number of benzene rings is 8. The van der Waals surface area contributed by atoms with Crippen LogP contribution in [0.4, 0.5) is 17.1 Å². The second-order valence-corrected chi connectivity index (χ2v) is 16.7. The third-order valence-electron chi connectivity index (χ3n) is 12.7. The summed E-state index contributed by atoms with van der Waals surface area (Å²) in [7, 11) is 0. The lowest BCUT2D eigenvalue weighted by Gasteiger charge is -2.42. The van der Waals surface area contributed by atoms with Gasteiger partial charge in [0, 0.05) is 44.4 Å². The lowest BCUT2D eigenvalue weighted by Crippen LogP contribution is -2.30. The summed E-state index contributed by atoms with van der Waals surface area (Å²) >= 11 is 0. The van der Waals surface area contributed by atoms with Crippen LogP contribution >= 0.6 is 0 Å². The molecule has 11 rings (SSSR count). The molecule has 0 saturated heterocycles. The largest absolute Gasteiger partial charge is 0.310 e. The maximum atomic E-state index is 5.21. The van der Waals surface area contributed by atoms with E-state index < -0.39 is 0 Å². The molecule has 0 spiro atoms. The van der Waals surface area contributed by atoms with Crippen LogP contribution in [0, 0.1) is 0 Å². The van der Waals surface area contributed by atoms with Crippen molar-refractivity contribution < 1.29 is 0 Å². The fourth-order valence-corrected chi connectivity index (χ4v) is 9.73. The molecule has 0 fully saturated rings. The first-order valence-corrected chi connectivity index (χ1v) is 21.1. The molecule has 1 aromatic heterocycles. The van der Waals surface area contributed by atoms with Crippen molar-refractivity contribution in [3.8, 4) is 16.8 Å². The van der Waals surface area contributed by atoms with Gasteiger partial charge in [-0.25, -0.2) is 9.98 Å². The first-order chi connectivity index (χ1) is 29.8. The predicted molar refractivity (Wildman–Crippen MR) is 256 cm³/mol. The summed E-state index contributed by atoms with van der Waals surface area (Å²) in [5.74, 6) is 0.640. The van der Waals surface area contributed by atoms with Gasteiger partial charge in [-0.05, 0) is 101 Å². The molecule has 8 aromatic carbocycles. The van der Waals surface area contributed by atoms with Gasteiger partial charge >= 0.3 is 0 Å². The van der Waals surface area contributed by atoms with Crippen LogP contribution < -0.4 is 4.90 Å². The third-order valence-corrected chi connectivity index (χ3v) is 12.7. The van der Waals surface area contributed by atoms with E-state index in [1.165, 1.54) is 66.6 Å². The highest BCUT2D eigenvalue weighted by Crippen LogP contribution is 2.54. The number of rotatable bonds is 6. The predicted octanol–water partition coefficient (Wildman–Crippen LogP) is 14.4. The highest BCUT2D eigenvalue weighted by molar-refractivity contribution is 6.14. The van der Waals surface area contributed by atoms with E-state index in [-0.39, 0.29) is 5.41 Å². The van der Waals surface area contributed by atoms with Crippen molar-refractivity contribution in [2.24, 2.45) is 9.98 Å². The second kappa shape index (κ2) is 14.3.